The van der Waals surface area contributed by atoms with Gasteiger partial charge in [-0.05, 0) is 39.4 Å². The maximum absolute atomic E-state index is 14.1. The second-order valence-electron chi connectivity index (χ2n) is 5.13. The van der Waals surface area contributed by atoms with Crippen LogP contribution in [-0.4, -0.2) is 48.5 Å². The zero-order valence-electron chi connectivity index (χ0n) is 11.9. The van der Waals surface area contributed by atoms with Crippen LogP contribution < -0.4 is 10.6 Å². The summed E-state index contributed by atoms with van der Waals surface area (Å²) in [6.07, 6.45) is 3.43. The number of carbonyl (C=O) groups excluding carboxylic acids is 1. The molecule has 1 aliphatic rings. The first-order chi connectivity index (χ1) is 9.61. The zero-order valence-corrected chi connectivity index (χ0v) is 11.9. The first-order valence-corrected chi connectivity index (χ1v) is 6.99. The van der Waals surface area contributed by atoms with Gasteiger partial charge in [0.05, 0.1) is 5.56 Å². The van der Waals surface area contributed by atoms with E-state index >= 15 is 0 Å². The molecule has 0 aliphatic carbocycles. The number of anilines is 1. The quantitative estimate of drug-likeness (QED) is 0.877. The van der Waals surface area contributed by atoms with Crippen molar-refractivity contribution in [2.45, 2.75) is 25.8 Å². The molecular weight excluding hydrogens is 259 g/mol. The van der Waals surface area contributed by atoms with Gasteiger partial charge in [-0.1, -0.05) is 0 Å². The number of halogens is 1. The van der Waals surface area contributed by atoms with Gasteiger partial charge < -0.3 is 15.5 Å². The molecule has 110 valence electrons. The molecule has 1 aromatic heterocycles. The van der Waals surface area contributed by atoms with Crippen LogP contribution in [0.25, 0.3) is 0 Å². The summed E-state index contributed by atoms with van der Waals surface area (Å²) in [5.74, 6) is -0.832. The van der Waals surface area contributed by atoms with Crippen molar-refractivity contribution >= 4 is 11.7 Å². The number of amides is 1. The molecule has 1 fully saturated rings. The lowest BCUT2D eigenvalue weighted by Gasteiger charge is -2.30. The van der Waals surface area contributed by atoms with Crippen molar-refractivity contribution in [1.82, 2.24) is 15.2 Å². The van der Waals surface area contributed by atoms with Crippen molar-refractivity contribution in [3.8, 4) is 0 Å². The van der Waals surface area contributed by atoms with E-state index in [1.807, 2.05) is 14.0 Å². The minimum atomic E-state index is -0.587. The highest BCUT2D eigenvalue weighted by Crippen LogP contribution is 2.16. The van der Waals surface area contributed by atoms with Gasteiger partial charge in [-0.15, -0.1) is 0 Å². The number of nitrogens with one attached hydrogen (secondary N) is 2. The average Bonchev–Trinajstić information content (AvgIpc) is 2.41. The predicted molar refractivity (Wildman–Crippen MR) is 76.3 cm³/mol. The molecule has 0 spiro atoms. The summed E-state index contributed by atoms with van der Waals surface area (Å²) in [6.45, 7) is 4.26. The molecule has 6 heteroatoms. The molecule has 2 heterocycles. The van der Waals surface area contributed by atoms with Gasteiger partial charge in [0.25, 0.3) is 5.91 Å². The molecule has 2 N–H and O–H groups in total. The molecule has 0 saturated carbocycles. The molecule has 0 aromatic carbocycles. The molecule has 1 unspecified atom stereocenters. The first kappa shape index (κ1) is 14.7. The molecule has 5 nitrogen and oxygen atoms in total. The molecule has 1 amide bonds. The van der Waals surface area contributed by atoms with Crippen molar-refractivity contribution in [2.24, 2.45) is 0 Å². The number of pyridine rings is 1. The first-order valence-electron chi connectivity index (χ1n) is 6.99. The lowest BCUT2D eigenvalue weighted by atomic mass is 10.1. The topological polar surface area (TPSA) is 57.3 Å². The fraction of sp³-hybridized carbons (Fsp3) is 0.571. The van der Waals surface area contributed by atoms with Crippen molar-refractivity contribution in [1.29, 1.82) is 0 Å². The largest absolute Gasteiger partial charge is 0.368 e. The Bertz CT molecular complexity index is 480. The van der Waals surface area contributed by atoms with E-state index in [4.69, 9.17) is 0 Å². The summed E-state index contributed by atoms with van der Waals surface area (Å²) in [6, 6.07) is 1.49. The van der Waals surface area contributed by atoms with Crippen LogP contribution in [0.5, 0.6) is 0 Å². The summed E-state index contributed by atoms with van der Waals surface area (Å²) in [4.78, 5) is 18.2. The van der Waals surface area contributed by atoms with Crippen LogP contribution >= 0.6 is 0 Å². The molecule has 1 aromatic rings. The minimum absolute atomic E-state index is 0.0455. The molecule has 2 rings (SSSR count). The Morgan fingerprint density at radius 1 is 1.60 bits per heavy atom. The lowest BCUT2D eigenvalue weighted by molar-refractivity contribution is 0.0908. The second-order valence-corrected chi connectivity index (χ2v) is 5.13. The van der Waals surface area contributed by atoms with Crippen molar-refractivity contribution in [3.05, 3.63) is 23.6 Å². The van der Waals surface area contributed by atoms with E-state index in [0.717, 1.165) is 25.9 Å². The summed E-state index contributed by atoms with van der Waals surface area (Å²) in [5, 5.41) is 5.71. The van der Waals surface area contributed by atoms with E-state index in [0.29, 0.717) is 6.54 Å². The smallest absolute Gasteiger partial charge is 0.254 e. The monoisotopic (exact) mass is 280 g/mol. The molecule has 1 saturated heterocycles. The van der Waals surface area contributed by atoms with Gasteiger partial charge in [-0.3, -0.25) is 4.79 Å². The van der Waals surface area contributed by atoms with Gasteiger partial charge >= 0.3 is 0 Å². The van der Waals surface area contributed by atoms with Crippen LogP contribution in [0.15, 0.2) is 12.3 Å². The van der Waals surface area contributed by atoms with Crippen molar-refractivity contribution in [3.63, 3.8) is 0 Å². The Balaban J connectivity index is 2.07. The Morgan fingerprint density at radius 2 is 2.40 bits per heavy atom. The summed E-state index contributed by atoms with van der Waals surface area (Å²) in [7, 11) is 2.02. The third kappa shape index (κ3) is 3.45. The molecular formula is C14H21FN4O. The van der Waals surface area contributed by atoms with Crippen molar-refractivity contribution in [2.75, 3.05) is 32.0 Å². The Hall–Kier alpha value is -1.69. The summed E-state index contributed by atoms with van der Waals surface area (Å²) in [5.41, 5.74) is 0.0455. The molecule has 1 aliphatic heterocycles. The highest BCUT2D eigenvalue weighted by Gasteiger charge is 2.22. The zero-order chi connectivity index (χ0) is 14.5. The molecule has 1 atom stereocenters. The van der Waals surface area contributed by atoms with Gasteiger partial charge in [0, 0.05) is 25.3 Å². The molecule has 0 bridgehead atoms. The highest BCUT2D eigenvalue weighted by molar-refractivity contribution is 5.95. The maximum Gasteiger partial charge on any atom is 0.254 e. The van der Waals surface area contributed by atoms with Crippen LogP contribution in [0, 0.1) is 5.82 Å². The highest BCUT2D eigenvalue weighted by atomic mass is 19.1. The van der Waals surface area contributed by atoms with Crippen LogP contribution in [-0.2, 0) is 0 Å². The number of likely N-dealkylation sites (N-methyl/N-ethyl adjacent to an activating group) is 1. The summed E-state index contributed by atoms with van der Waals surface area (Å²) < 4.78 is 14.1. The van der Waals surface area contributed by atoms with E-state index in [1.54, 1.807) is 0 Å². The average molecular weight is 280 g/mol. The third-order valence-electron chi connectivity index (χ3n) is 3.44. The SMILES string of the molecule is CCNc1nccc(C(=O)NC2CCCN(C)C2)c1F. The fourth-order valence-corrected chi connectivity index (χ4v) is 2.46. The second kappa shape index (κ2) is 6.65. The van der Waals surface area contributed by atoms with Gasteiger partial charge in [-0.2, -0.15) is 0 Å². The number of carbonyl (C=O) groups is 1. The van der Waals surface area contributed by atoms with Gasteiger partial charge in [0.15, 0.2) is 11.6 Å². The number of aromatic nitrogens is 1. The molecule has 0 radical (unpaired) electrons. The lowest BCUT2D eigenvalue weighted by Crippen LogP contribution is -2.46. The van der Waals surface area contributed by atoms with E-state index < -0.39 is 5.82 Å². The third-order valence-corrected chi connectivity index (χ3v) is 3.44. The maximum atomic E-state index is 14.1. The summed E-state index contributed by atoms with van der Waals surface area (Å²) >= 11 is 0. The fourth-order valence-electron chi connectivity index (χ4n) is 2.46. The minimum Gasteiger partial charge on any atom is -0.368 e. The molecule has 20 heavy (non-hydrogen) atoms. The number of likely N-dealkylation sites (tertiary alicyclic amines) is 1. The van der Waals surface area contributed by atoms with E-state index in [2.05, 4.69) is 20.5 Å². The van der Waals surface area contributed by atoms with Crippen LogP contribution in [0.2, 0.25) is 0 Å². The predicted octanol–water partition coefficient (Wildman–Crippen LogP) is 1.48. The van der Waals surface area contributed by atoms with Crippen LogP contribution in [0.4, 0.5) is 10.2 Å². The number of hydrogen-bond donors (Lipinski definition) is 2. The Morgan fingerprint density at radius 3 is 3.10 bits per heavy atom. The van der Waals surface area contributed by atoms with E-state index in [1.165, 1.54) is 12.3 Å². The Kier molecular flexibility index (Phi) is 4.89. The van der Waals surface area contributed by atoms with E-state index in [-0.39, 0.29) is 23.3 Å². The Labute approximate surface area is 118 Å². The normalized spacial score (nSPS) is 19.6. The number of nitrogens with zero attached hydrogens (tertiary/aromatic N) is 2. The van der Waals surface area contributed by atoms with Gasteiger partial charge in [-0.25, -0.2) is 9.37 Å². The van der Waals surface area contributed by atoms with E-state index in [9.17, 15) is 9.18 Å². The van der Waals surface area contributed by atoms with Crippen molar-refractivity contribution < 1.29 is 9.18 Å². The van der Waals surface area contributed by atoms with Crippen LogP contribution in [0.3, 0.4) is 0 Å². The van der Waals surface area contributed by atoms with Gasteiger partial charge in [0.2, 0.25) is 0 Å². The number of rotatable bonds is 4. The number of hydrogen-bond acceptors (Lipinski definition) is 4. The number of piperidine rings is 1. The van der Waals surface area contributed by atoms with Gasteiger partial charge in [0.1, 0.15) is 0 Å². The standard InChI is InChI=1S/C14H21FN4O/c1-3-16-13-12(15)11(6-7-17-13)14(20)18-10-5-4-8-19(2)9-10/h6-7,10H,3-5,8-9H2,1-2H3,(H,16,17)(H,18,20). The van der Waals surface area contributed by atoms with Crippen LogP contribution in [0.1, 0.15) is 30.1 Å².